The molecule has 2 rings (SSSR count). The highest BCUT2D eigenvalue weighted by Crippen LogP contribution is 2.15. The van der Waals surface area contributed by atoms with Crippen molar-refractivity contribution in [2.45, 2.75) is 19.5 Å². The lowest BCUT2D eigenvalue weighted by atomic mass is 10.1. The van der Waals surface area contributed by atoms with Gasteiger partial charge >= 0.3 is 0 Å². The molecule has 1 heterocycles. The highest BCUT2D eigenvalue weighted by atomic mass is 16.5. The van der Waals surface area contributed by atoms with Gasteiger partial charge in [-0.3, -0.25) is 4.90 Å². The van der Waals surface area contributed by atoms with Crippen molar-refractivity contribution in [1.29, 1.82) is 0 Å². The Labute approximate surface area is 115 Å². The van der Waals surface area contributed by atoms with Crippen molar-refractivity contribution >= 4 is 0 Å². The molecule has 106 valence electrons. The van der Waals surface area contributed by atoms with Gasteiger partial charge in [0.25, 0.3) is 0 Å². The number of ether oxygens (including phenoxy) is 2. The second kappa shape index (κ2) is 7.48. The van der Waals surface area contributed by atoms with Crippen LogP contribution in [0.4, 0.5) is 0 Å². The van der Waals surface area contributed by atoms with Gasteiger partial charge in [0.1, 0.15) is 12.4 Å². The van der Waals surface area contributed by atoms with E-state index in [1.165, 1.54) is 5.56 Å². The Balaban J connectivity index is 1.87. The van der Waals surface area contributed by atoms with E-state index >= 15 is 0 Å². The van der Waals surface area contributed by atoms with Crippen LogP contribution in [0.1, 0.15) is 12.5 Å². The van der Waals surface area contributed by atoms with Crippen molar-refractivity contribution in [3.8, 4) is 5.75 Å². The number of benzene rings is 1. The van der Waals surface area contributed by atoms with Crippen LogP contribution in [0.5, 0.6) is 5.75 Å². The second-order valence-electron chi connectivity index (χ2n) is 5.08. The van der Waals surface area contributed by atoms with E-state index in [2.05, 4.69) is 35.3 Å². The molecule has 19 heavy (non-hydrogen) atoms. The molecule has 1 aromatic rings. The molecule has 0 aliphatic carbocycles. The quantitative estimate of drug-likeness (QED) is 0.790. The highest BCUT2D eigenvalue weighted by Gasteiger charge is 2.15. The summed E-state index contributed by atoms with van der Waals surface area (Å²) < 4.78 is 10.6. The molecule has 0 radical (unpaired) electrons. The van der Waals surface area contributed by atoms with E-state index in [4.69, 9.17) is 9.47 Å². The lowest BCUT2D eigenvalue weighted by molar-refractivity contribution is 0.146. The van der Waals surface area contributed by atoms with E-state index in [1.54, 1.807) is 7.11 Å². The molecule has 1 N–H and O–H groups in total. The van der Waals surface area contributed by atoms with E-state index < -0.39 is 0 Å². The van der Waals surface area contributed by atoms with Crippen LogP contribution in [0, 0.1) is 0 Å². The first-order valence-electron chi connectivity index (χ1n) is 6.94. The van der Waals surface area contributed by atoms with Crippen molar-refractivity contribution < 1.29 is 9.47 Å². The van der Waals surface area contributed by atoms with Gasteiger partial charge in [-0.25, -0.2) is 0 Å². The number of methoxy groups -OCH3 is 1. The summed E-state index contributed by atoms with van der Waals surface area (Å²) in [4.78, 5) is 2.48. The zero-order valence-electron chi connectivity index (χ0n) is 11.9. The minimum atomic E-state index is 0.579. The molecular weight excluding hydrogens is 240 g/mol. The van der Waals surface area contributed by atoms with E-state index in [1.807, 2.05) is 6.07 Å². The van der Waals surface area contributed by atoms with Gasteiger partial charge in [-0.15, -0.1) is 0 Å². The van der Waals surface area contributed by atoms with E-state index in [0.29, 0.717) is 19.3 Å². The van der Waals surface area contributed by atoms with Crippen molar-refractivity contribution in [3.63, 3.8) is 0 Å². The largest absolute Gasteiger partial charge is 0.491 e. The molecule has 0 unspecified atom stereocenters. The second-order valence-corrected chi connectivity index (χ2v) is 5.08. The fraction of sp³-hybridized carbons (Fsp3) is 0.600. The highest BCUT2D eigenvalue weighted by molar-refractivity contribution is 5.28. The first-order chi connectivity index (χ1) is 9.28. The maximum absolute atomic E-state index is 5.64. The lowest BCUT2D eigenvalue weighted by Gasteiger charge is -2.31. The fourth-order valence-electron chi connectivity index (χ4n) is 2.39. The van der Waals surface area contributed by atoms with Crippen LogP contribution in [0.25, 0.3) is 0 Å². The first kappa shape index (κ1) is 14.3. The first-order valence-corrected chi connectivity index (χ1v) is 6.94. The van der Waals surface area contributed by atoms with Crippen LogP contribution in [0.3, 0.4) is 0 Å². The number of piperazine rings is 1. The Bertz CT molecular complexity index is 384. The van der Waals surface area contributed by atoms with Crippen molar-refractivity contribution in [2.24, 2.45) is 0 Å². The molecule has 1 aliphatic heterocycles. The van der Waals surface area contributed by atoms with E-state index in [-0.39, 0.29) is 0 Å². The maximum Gasteiger partial charge on any atom is 0.119 e. The molecule has 0 bridgehead atoms. The molecular formula is C15H24N2O2. The molecule has 1 saturated heterocycles. The van der Waals surface area contributed by atoms with Gasteiger partial charge in [-0.1, -0.05) is 12.1 Å². The number of nitrogens with zero attached hydrogens (tertiary/aromatic N) is 1. The Morgan fingerprint density at radius 1 is 1.37 bits per heavy atom. The third-order valence-electron chi connectivity index (χ3n) is 3.31. The van der Waals surface area contributed by atoms with Gasteiger partial charge in [0, 0.05) is 39.3 Å². The number of hydrogen-bond acceptors (Lipinski definition) is 4. The van der Waals surface area contributed by atoms with Crippen LogP contribution >= 0.6 is 0 Å². The zero-order chi connectivity index (χ0) is 13.5. The normalized spacial score (nSPS) is 20.4. The van der Waals surface area contributed by atoms with Gasteiger partial charge in [0.15, 0.2) is 0 Å². The number of rotatable bonds is 6. The SMILES string of the molecule is COCCOc1cccc(CN2CCN[C@@H](C)C2)c1. The van der Waals surface area contributed by atoms with E-state index in [0.717, 1.165) is 31.9 Å². The molecule has 0 spiro atoms. The average molecular weight is 264 g/mol. The van der Waals surface area contributed by atoms with Gasteiger partial charge < -0.3 is 14.8 Å². The van der Waals surface area contributed by atoms with Gasteiger partial charge in [0.2, 0.25) is 0 Å². The molecule has 4 nitrogen and oxygen atoms in total. The Hall–Kier alpha value is -1.10. The van der Waals surface area contributed by atoms with Crippen LogP contribution in [0.2, 0.25) is 0 Å². The van der Waals surface area contributed by atoms with Crippen molar-refractivity contribution in [1.82, 2.24) is 10.2 Å². The molecule has 1 aromatic carbocycles. The third kappa shape index (κ3) is 4.82. The average Bonchev–Trinajstić information content (AvgIpc) is 2.39. The van der Waals surface area contributed by atoms with Gasteiger partial charge in [0.05, 0.1) is 6.61 Å². The van der Waals surface area contributed by atoms with Crippen LogP contribution < -0.4 is 10.1 Å². The van der Waals surface area contributed by atoms with E-state index in [9.17, 15) is 0 Å². The molecule has 0 saturated carbocycles. The molecule has 0 amide bonds. The number of hydrogen-bond donors (Lipinski definition) is 1. The van der Waals surface area contributed by atoms with Crippen LogP contribution in [0.15, 0.2) is 24.3 Å². The van der Waals surface area contributed by atoms with Crippen LogP contribution in [-0.2, 0) is 11.3 Å². The van der Waals surface area contributed by atoms with Gasteiger partial charge in [-0.2, -0.15) is 0 Å². The maximum atomic E-state index is 5.64. The predicted octanol–water partition coefficient (Wildman–Crippen LogP) is 1.51. The monoisotopic (exact) mass is 264 g/mol. The fourth-order valence-corrected chi connectivity index (χ4v) is 2.39. The molecule has 4 heteroatoms. The summed E-state index contributed by atoms with van der Waals surface area (Å²) in [6.45, 7) is 7.74. The summed E-state index contributed by atoms with van der Waals surface area (Å²) in [5.41, 5.74) is 1.31. The molecule has 1 fully saturated rings. The topological polar surface area (TPSA) is 33.7 Å². The summed E-state index contributed by atoms with van der Waals surface area (Å²) in [5.74, 6) is 0.928. The van der Waals surface area contributed by atoms with Crippen molar-refractivity contribution in [3.05, 3.63) is 29.8 Å². The molecule has 1 atom stereocenters. The molecule has 1 aliphatic rings. The minimum Gasteiger partial charge on any atom is -0.491 e. The third-order valence-corrected chi connectivity index (χ3v) is 3.31. The summed E-state index contributed by atoms with van der Waals surface area (Å²) in [6, 6.07) is 8.93. The summed E-state index contributed by atoms with van der Waals surface area (Å²) in [5, 5.41) is 3.46. The van der Waals surface area contributed by atoms with Crippen molar-refractivity contribution in [2.75, 3.05) is 40.0 Å². The minimum absolute atomic E-state index is 0.579. The summed E-state index contributed by atoms with van der Waals surface area (Å²) >= 11 is 0. The Morgan fingerprint density at radius 2 is 2.26 bits per heavy atom. The van der Waals surface area contributed by atoms with Gasteiger partial charge in [-0.05, 0) is 24.6 Å². The number of nitrogens with one attached hydrogen (secondary N) is 1. The Kier molecular flexibility index (Phi) is 5.63. The Morgan fingerprint density at radius 3 is 3.05 bits per heavy atom. The van der Waals surface area contributed by atoms with Crippen LogP contribution in [-0.4, -0.2) is 50.9 Å². The smallest absolute Gasteiger partial charge is 0.119 e. The zero-order valence-corrected chi connectivity index (χ0v) is 11.9. The summed E-state index contributed by atoms with van der Waals surface area (Å²) in [6.07, 6.45) is 0. The standard InChI is InChI=1S/C15H24N2O2/c1-13-11-17(7-6-16-13)12-14-4-3-5-15(10-14)19-9-8-18-2/h3-5,10,13,16H,6-9,11-12H2,1-2H3/t13-/m0/s1. The predicted molar refractivity (Wildman–Crippen MR) is 76.6 cm³/mol. The lowest BCUT2D eigenvalue weighted by Crippen LogP contribution is -2.48. The molecule has 0 aromatic heterocycles. The summed E-state index contributed by atoms with van der Waals surface area (Å²) in [7, 11) is 1.69.